The second-order valence-electron chi connectivity index (χ2n) is 12.2. The lowest BCUT2D eigenvalue weighted by Gasteiger charge is -2.45. The monoisotopic (exact) mass is 599 g/mol. The van der Waals surface area contributed by atoms with E-state index >= 15 is 0 Å². The minimum Gasteiger partial charge on any atom is -0.478 e. The molecule has 2 aromatic rings. The van der Waals surface area contributed by atoms with Gasteiger partial charge in [0.15, 0.2) is 11.2 Å². The number of nitrogens with one attached hydrogen (secondary N) is 1. The van der Waals surface area contributed by atoms with Gasteiger partial charge in [0, 0.05) is 30.2 Å². The molecule has 1 aliphatic carbocycles. The van der Waals surface area contributed by atoms with Crippen molar-refractivity contribution >= 4 is 22.4 Å². The molecule has 0 bridgehead atoms. The number of ether oxygens (including phenoxy) is 1. The fraction of sp³-hybridized carbons (Fsp3) is 0.548. The molecule has 1 aromatic carbocycles. The highest BCUT2D eigenvalue weighted by atomic mass is 17.2. The number of nitrogens with zero attached hydrogens (tertiary/aromatic N) is 1. The predicted molar refractivity (Wildman–Crippen MR) is 154 cm³/mol. The van der Waals surface area contributed by atoms with E-state index in [4.69, 9.17) is 24.0 Å². The maximum absolute atomic E-state index is 13.2. The number of aliphatic hydroxyl groups excluding tert-OH is 5. The SMILES string of the molecule is Cc1cc(=O)c2cc3c(c([NH+]4C=C5C=CN=C5C4)c2o1)OC(C)(C1CCCC1)C(OOCC(O)C(O)C(O)C(O)CO)C3. The van der Waals surface area contributed by atoms with Crippen molar-refractivity contribution < 1.29 is 49.4 Å². The van der Waals surface area contributed by atoms with E-state index in [0.29, 0.717) is 35.4 Å². The van der Waals surface area contributed by atoms with Gasteiger partial charge in [0.05, 0.1) is 17.6 Å². The lowest BCUT2D eigenvalue weighted by atomic mass is 9.78. The molecule has 12 nitrogen and oxygen atoms in total. The van der Waals surface area contributed by atoms with Crippen molar-refractivity contribution in [2.24, 2.45) is 10.9 Å². The van der Waals surface area contributed by atoms with E-state index in [9.17, 15) is 25.2 Å². The lowest BCUT2D eigenvalue weighted by Crippen LogP contribution is -3.01. The zero-order chi connectivity index (χ0) is 30.5. The van der Waals surface area contributed by atoms with E-state index in [1.807, 2.05) is 13.0 Å². The summed E-state index contributed by atoms with van der Waals surface area (Å²) in [6.45, 7) is 3.04. The third-order valence-corrected chi connectivity index (χ3v) is 9.28. The first-order chi connectivity index (χ1) is 20.6. The Morgan fingerprint density at radius 2 is 1.88 bits per heavy atom. The number of hydrogen-bond donors (Lipinski definition) is 6. The van der Waals surface area contributed by atoms with Gasteiger partial charge in [-0.2, -0.15) is 0 Å². The molecule has 12 heteroatoms. The first-order valence-electron chi connectivity index (χ1n) is 14.8. The molecule has 232 valence electrons. The molecule has 0 spiro atoms. The van der Waals surface area contributed by atoms with Gasteiger partial charge in [-0.3, -0.25) is 14.7 Å². The van der Waals surface area contributed by atoms with Crippen molar-refractivity contribution in [3.05, 3.63) is 57.7 Å². The van der Waals surface area contributed by atoms with Crippen LogP contribution in [0.15, 0.2) is 50.4 Å². The highest BCUT2D eigenvalue weighted by Gasteiger charge is 2.51. The van der Waals surface area contributed by atoms with Crippen molar-refractivity contribution in [3.63, 3.8) is 0 Å². The van der Waals surface area contributed by atoms with Crippen LogP contribution in [0.4, 0.5) is 5.69 Å². The minimum absolute atomic E-state index is 0.137. The van der Waals surface area contributed by atoms with Crippen molar-refractivity contribution in [2.45, 2.75) is 82.1 Å². The summed E-state index contributed by atoms with van der Waals surface area (Å²) >= 11 is 0. The molecule has 4 heterocycles. The molecular formula is C31H39N2O10+. The number of aryl methyl sites for hydroxylation is 1. The largest absolute Gasteiger partial charge is 0.478 e. The summed E-state index contributed by atoms with van der Waals surface area (Å²) in [5.41, 5.74) is 2.95. The first-order valence-corrected chi connectivity index (χ1v) is 14.8. The van der Waals surface area contributed by atoms with Crippen LogP contribution < -0.4 is 15.1 Å². The maximum atomic E-state index is 13.2. The molecule has 7 unspecified atom stereocenters. The molecule has 0 saturated heterocycles. The summed E-state index contributed by atoms with van der Waals surface area (Å²) in [5.74, 6) is 1.28. The number of fused-ring (bicyclic) bond motifs is 3. The third kappa shape index (κ3) is 5.47. The average molecular weight is 600 g/mol. The number of hydrogen-bond acceptors (Lipinski definition) is 11. The number of rotatable bonds is 10. The Hall–Kier alpha value is -2.94. The van der Waals surface area contributed by atoms with E-state index in [-0.39, 0.29) is 11.3 Å². The van der Waals surface area contributed by atoms with E-state index in [0.717, 1.165) is 53.1 Å². The molecule has 6 N–H and O–H groups in total. The van der Waals surface area contributed by atoms with Gasteiger partial charge in [-0.15, -0.1) is 0 Å². The van der Waals surface area contributed by atoms with Crippen molar-refractivity contribution in [3.8, 4) is 5.75 Å². The van der Waals surface area contributed by atoms with E-state index < -0.39 is 49.3 Å². The average Bonchev–Trinajstić information content (AvgIpc) is 3.74. The summed E-state index contributed by atoms with van der Waals surface area (Å²) in [4.78, 5) is 30.0. The number of allylic oxidation sites excluding steroid dienone is 1. The van der Waals surface area contributed by atoms with E-state index in [2.05, 4.69) is 11.2 Å². The minimum atomic E-state index is -1.77. The van der Waals surface area contributed by atoms with Crippen LogP contribution in [0.25, 0.3) is 11.0 Å². The Morgan fingerprint density at radius 1 is 1.14 bits per heavy atom. The van der Waals surface area contributed by atoms with Gasteiger partial charge in [-0.05, 0) is 38.8 Å². The Morgan fingerprint density at radius 3 is 2.60 bits per heavy atom. The maximum Gasteiger partial charge on any atom is 0.222 e. The Bertz CT molecular complexity index is 1530. The predicted octanol–water partition coefficient (Wildman–Crippen LogP) is 0.120. The zero-order valence-corrected chi connectivity index (χ0v) is 24.2. The molecule has 4 aliphatic rings. The van der Waals surface area contributed by atoms with Gasteiger partial charge in [-0.1, -0.05) is 12.8 Å². The Labute approximate surface area is 248 Å². The normalized spacial score (nSPS) is 27.8. The third-order valence-electron chi connectivity index (χ3n) is 9.28. The van der Waals surface area contributed by atoms with Gasteiger partial charge >= 0.3 is 0 Å². The van der Waals surface area contributed by atoms with Gasteiger partial charge < -0.3 is 34.7 Å². The highest BCUT2D eigenvalue weighted by molar-refractivity contribution is 6.07. The quantitative estimate of drug-likeness (QED) is 0.163. The smallest absolute Gasteiger partial charge is 0.222 e. The van der Waals surface area contributed by atoms with Gasteiger partial charge in [0.1, 0.15) is 66.9 Å². The molecule has 7 atom stereocenters. The number of benzene rings is 1. The second-order valence-corrected chi connectivity index (χ2v) is 12.2. The molecule has 0 radical (unpaired) electrons. The van der Waals surface area contributed by atoms with Crippen LogP contribution in [0.3, 0.4) is 0 Å². The number of aliphatic imine (C=N–C) groups is 1. The van der Waals surface area contributed by atoms with Crippen LogP contribution in [0.1, 0.15) is 43.9 Å². The first kappa shape index (κ1) is 30.1. The molecule has 1 saturated carbocycles. The lowest BCUT2D eigenvalue weighted by molar-refractivity contribution is -0.759. The van der Waals surface area contributed by atoms with Crippen molar-refractivity contribution in [1.82, 2.24) is 0 Å². The van der Waals surface area contributed by atoms with E-state index in [1.165, 1.54) is 6.07 Å². The zero-order valence-electron chi connectivity index (χ0n) is 24.2. The summed E-state index contributed by atoms with van der Waals surface area (Å²) in [6.07, 6.45) is 2.69. The fourth-order valence-corrected chi connectivity index (χ4v) is 6.76. The summed E-state index contributed by atoms with van der Waals surface area (Å²) < 4.78 is 13.2. The van der Waals surface area contributed by atoms with Crippen LogP contribution in [0, 0.1) is 12.8 Å². The topological polar surface area (TPSA) is 176 Å². The molecule has 1 aromatic heterocycles. The van der Waals surface area contributed by atoms with Crippen molar-refractivity contribution in [1.29, 1.82) is 0 Å². The molecule has 3 aliphatic heterocycles. The molecule has 0 amide bonds. The van der Waals surface area contributed by atoms with Gasteiger partial charge in [0.25, 0.3) is 0 Å². The summed E-state index contributed by atoms with van der Waals surface area (Å²) in [7, 11) is 0. The van der Waals surface area contributed by atoms with Crippen LogP contribution in [0.2, 0.25) is 0 Å². The Balaban J connectivity index is 1.35. The fourth-order valence-electron chi connectivity index (χ4n) is 6.76. The van der Waals surface area contributed by atoms with E-state index in [1.54, 1.807) is 19.2 Å². The molecular weight excluding hydrogens is 560 g/mol. The number of aliphatic hydroxyl groups is 5. The van der Waals surface area contributed by atoms with Crippen molar-refractivity contribution in [2.75, 3.05) is 19.8 Å². The molecule has 43 heavy (non-hydrogen) atoms. The van der Waals surface area contributed by atoms with Gasteiger partial charge in [-0.25, -0.2) is 9.78 Å². The van der Waals surface area contributed by atoms with Crippen LogP contribution in [-0.2, 0) is 16.2 Å². The highest BCUT2D eigenvalue weighted by Crippen LogP contribution is 2.48. The van der Waals surface area contributed by atoms with Crippen LogP contribution in [0.5, 0.6) is 5.75 Å². The number of quaternary nitrogens is 1. The second kappa shape index (κ2) is 11.9. The summed E-state index contributed by atoms with van der Waals surface area (Å²) in [6, 6.07) is 3.26. The van der Waals surface area contributed by atoms with Crippen LogP contribution >= 0.6 is 0 Å². The summed E-state index contributed by atoms with van der Waals surface area (Å²) in [5, 5.41) is 49.6. The molecule has 6 rings (SSSR count). The molecule has 1 fully saturated rings. The standard InChI is InChI=1S/C31H38N2O10/c1-16-9-22(35)20-10-18-11-25(43-40-15-24(37)28(39)27(38)23(36)14-34)31(2,19-5-3-4-6-19)42-29(18)26(30(20)41-16)33-12-17-7-8-32-21(17)13-33/h7-10,12,19,23-25,27-28,34,36-39H,3-6,11,13-15H2,1-2H3/p+1. The van der Waals surface area contributed by atoms with Gasteiger partial charge in [0.2, 0.25) is 11.3 Å². The van der Waals surface area contributed by atoms with Crippen LogP contribution in [-0.4, -0.2) is 87.1 Å². The Kier molecular flexibility index (Phi) is 8.31.